The number of carbonyl (C=O) groups excluding carboxylic acids is 2. The van der Waals surface area contributed by atoms with Gasteiger partial charge in [-0.25, -0.2) is 9.36 Å². The highest BCUT2D eigenvalue weighted by Crippen LogP contribution is 2.43. The Bertz CT molecular complexity index is 1180. The summed E-state index contributed by atoms with van der Waals surface area (Å²) < 4.78 is 26.7. The molecule has 0 bridgehead atoms. The van der Waals surface area contributed by atoms with E-state index >= 15 is 0 Å². The van der Waals surface area contributed by atoms with Gasteiger partial charge in [0.25, 0.3) is 0 Å². The van der Waals surface area contributed by atoms with Crippen LogP contribution in [0, 0.1) is 0 Å². The highest BCUT2D eigenvalue weighted by atomic mass is 31.2. The lowest BCUT2D eigenvalue weighted by molar-refractivity contribution is -0.147. The molecule has 0 fully saturated rings. The van der Waals surface area contributed by atoms with Crippen LogP contribution in [0.15, 0.2) is 72.9 Å². The zero-order valence-electron chi connectivity index (χ0n) is 32.3. The summed E-state index contributed by atoms with van der Waals surface area (Å²) in [7, 11) is -4.77. The van der Waals surface area contributed by atoms with Gasteiger partial charge in [-0.15, -0.1) is 0 Å². The number of aliphatic carboxylic acids is 1. The topological polar surface area (TPSA) is 169 Å². The molecule has 0 aromatic rings. The fraction of sp³-hybridized carbons (Fsp3) is 0.634. The van der Waals surface area contributed by atoms with Crippen LogP contribution < -0.4 is 5.32 Å². The van der Waals surface area contributed by atoms with Crippen molar-refractivity contribution in [2.24, 2.45) is 0 Å². The van der Waals surface area contributed by atoms with E-state index in [2.05, 4.69) is 92.1 Å². The lowest BCUT2D eigenvalue weighted by Crippen LogP contribution is -2.43. The van der Waals surface area contributed by atoms with Crippen LogP contribution in [0.4, 0.5) is 0 Å². The average Bonchev–Trinajstić information content (AvgIpc) is 3.13. The van der Waals surface area contributed by atoms with E-state index in [0.717, 1.165) is 83.5 Å². The molecule has 0 rings (SSSR count). The van der Waals surface area contributed by atoms with Crippen molar-refractivity contribution in [1.82, 2.24) is 5.32 Å². The Labute approximate surface area is 319 Å². The van der Waals surface area contributed by atoms with Gasteiger partial charge in [-0.05, 0) is 77.0 Å². The summed E-state index contributed by atoms with van der Waals surface area (Å²) in [6, 6.07) is -1.56. The van der Waals surface area contributed by atoms with Crippen LogP contribution in [0.25, 0.3) is 0 Å². The predicted molar refractivity (Wildman–Crippen MR) is 212 cm³/mol. The summed E-state index contributed by atoms with van der Waals surface area (Å²) in [5, 5.41) is 21.7. The van der Waals surface area contributed by atoms with E-state index in [1.165, 1.54) is 12.8 Å². The maximum atomic E-state index is 12.3. The molecule has 0 radical (unpaired) electrons. The van der Waals surface area contributed by atoms with Gasteiger partial charge in [0.2, 0.25) is 5.91 Å². The summed E-state index contributed by atoms with van der Waals surface area (Å²) in [5.74, 6) is -2.45. The Morgan fingerprint density at radius 2 is 1.09 bits per heavy atom. The average molecular weight is 766 g/mol. The lowest BCUT2D eigenvalue weighted by Gasteiger charge is -2.18. The van der Waals surface area contributed by atoms with Crippen LogP contribution in [-0.2, 0) is 32.7 Å². The monoisotopic (exact) mass is 765 g/mol. The van der Waals surface area contributed by atoms with Gasteiger partial charge in [0.1, 0.15) is 12.7 Å². The molecule has 1 amide bonds. The van der Waals surface area contributed by atoms with Crippen molar-refractivity contribution < 1.29 is 47.8 Å². The summed E-state index contributed by atoms with van der Waals surface area (Å²) >= 11 is 0. The van der Waals surface area contributed by atoms with Crippen molar-refractivity contribution in [1.29, 1.82) is 0 Å². The molecule has 0 heterocycles. The Morgan fingerprint density at radius 1 is 0.623 bits per heavy atom. The molecule has 0 aliphatic heterocycles. The van der Waals surface area contributed by atoms with Gasteiger partial charge in [0.15, 0.2) is 6.04 Å². The number of aliphatic hydroxyl groups is 1. The summed E-state index contributed by atoms with van der Waals surface area (Å²) in [6.07, 6.45) is 40.8. The normalized spacial score (nSPS) is 14.6. The minimum atomic E-state index is -4.77. The molecule has 12 heteroatoms. The number of phosphoric acid groups is 1. The minimum absolute atomic E-state index is 0.123. The number of hydrogen-bond acceptors (Lipinski definition) is 8. The van der Waals surface area contributed by atoms with Crippen LogP contribution in [0.3, 0.4) is 0 Å². The Kier molecular flexibility index (Phi) is 33.8. The first-order valence-corrected chi connectivity index (χ1v) is 21.0. The molecule has 0 saturated carbocycles. The summed E-state index contributed by atoms with van der Waals surface area (Å²) in [5.41, 5.74) is 0. The minimum Gasteiger partial charge on any atom is -0.480 e. The largest absolute Gasteiger partial charge is 0.480 e. The smallest absolute Gasteiger partial charge is 0.472 e. The molecule has 4 N–H and O–H groups in total. The third-order valence-electron chi connectivity index (χ3n) is 7.73. The molecule has 0 saturated heterocycles. The quantitative estimate of drug-likeness (QED) is 0.0211. The van der Waals surface area contributed by atoms with Gasteiger partial charge >= 0.3 is 19.8 Å². The SMILES string of the molecule is CC/C=C\C/C=C\C/C=C\C/C=C\CCCCC(=O)OCC(O)COP(=O)(O)OCC(NC(=O)CCCCCCC/C=C\C/C=C\CCCC)C(=O)O. The standard InChI is InChI=1S/C41H68NO10P/c1-3-5-7-9-11-13-15-17-19-21-23-25-27-29-31-33-40(45)50-34-37(43)35-51-53(48,49)52-36-38(41(46)47)42-39(44)32-30-28-26-24-22-20-18-16-14-12-10-8-6-4-2/h5,7,10-13,16-19,23,25,37-38,43H,3-4,6,8-9,14-15,20-22,24,26-36H2,1-2H3,(H,42,44)(H,46,47)(H,48,49)/b7-5-,12-10-,13-11-,18-16-,19-17-,25-23-. The molecule has 0 aromatic heterocycles. The number of amides is 1. The van der Waals surface area contributed by atoms with Gasteiger partial charge in [-0.3, -0.25) is 18.6 Å². The highest BCUT2D eigenvalue weighted by Gasteiger charge is 2.28. The second kappa shape index (κ2) is 35.9. The molecule has 0 aromatic carbocycles. The fourth-order valence-corrected chi connectivity index (χ4v) is 5.45. The maximum absolute atomic E-state index is 12.3. The van der Waals surface area contributed by atoms with Crippen molar-refractivity contribution >= 4 is 25.7 Å². The molecular formula is C41H68NO10P. The molecule has 0 spiro atoms. The van der Waals surface area contributed by atoms with Crippen LogP contribution in [0.2, 0.25) is 0 Å². The number of carbonyl (C=O) groups is 3. The van der Waals surface area contributed by atoms with Crippen molar-refractivity contribution in [2.75, 3.05) is 19.8 Å². The number of rotatable bonds is 35. The fourth-order valence-electron chi connectivity index (χ4n) is 4.67. The van der Waals surface area contributed by atoms with Gasteiger partial charge in [-0.2, -0.15) is 0 Å². The molecule has 3 atom stereocenters. The molecule has 0 aliphatic carbocycles. The zero-order chi connectivity index (χ0) is 39.3. The number of aliphatic hydroxyl groups excluding tert-OH is 1. The highest BCUT2D eigenvalue weighted by molar-refractivity contribution is 7.47. The van der Waals surface area contributed by atoms with Gasteiger partial charge in [0, 0.05) is 12.8 Å². The van der Waals surface area contributed by atoms with Crippen LogP contribution >= 0.6 is 7.82 Å². The molecule has 53 heavy (non-hydrogen) atoms. The summed E-state index contributed by atoms with van der Waals surface area (Å²) in [4.78, 5) is 45.7. The number of phosphoric ester groups is 1. The maximum Gasteiger partial charge on any atom is 0.472 e. The number of unbranched alkanes of at least 4 members (excludes halogenated alkanes) is 9. The third-order valence-corrected chi connectivity index (χ3v) is 8.68. The number of allylic oxidation sites excluding steroid dienone is 12. The van der Waals surface area contributed by atoms with Crippen molar-refractivity contribution in [3.63, 3.8) is 0 Å². The molecule has 302 valence electrons. The van der Waals surface area contributed by atoms with Crippen LogP contribution in [0.1, 0.15) is 136 Å². The number of carboxylic acids is 1. The first-order valence-electron chi connectivity index (χ1n) is 19.5. The van der Waals surface area contributed by atoms with Crippen molar-refractivity contribution in [3.05, 3.63) is 72.9 Å². The number of hydrogen-bond donors (Lipinski definition) is 4. The Hall–Kier alpha value is -3.08. The van der Waals surface area contributed by atoms with E-state index in [4.69, 9.17) is 13.8 Å². The zero-order valence-corrected chi connectivity index (χ0v) is 33.2. The van der Waals surface area contributed by atoms with Gasteiger partial charge in [0.05, 0.1) is 13.2 Å². The van der Waals surface area contributed by atoms with E-state index in [1.54, 1.807) is 0 Å². The summed E-state index contributed by atoms with van der Waals surface area (Å²) in [6.45, 7) is 2.35. The number of esters is 1. The number of nitrogens with one attached hydrogen (secondary N) is 1. The Balaban J connectivity index is 4.05. The van der Waals surface area contributed by atoms with Gasteiger partial charge < -0.3 is 25.2 Å². The number of carboxylic acid groups (broad SMARTS) is 1. The van der Waals surface area contributed by atoms with E-state index in [0.29, 0.717) is 12.8 Å². The van der Waals surface area contributed by atoms with Crippen LogP contribution in [-0.4, -0.2) is 64.9 Å². The second-order valence-electron chi connectivity index (χ2n) is 12.7. The lowest BCUT2D eigenvalue weighted by atomic mass is 10.1. The number of ether oxygens (including phenoxy) is 1. The second-order valence-corrected chi connectivity index (χ2v) is 14.2. The molecular weight excluding hydrogens is 697 g/mol. The Morgan fingerprint density at radius 3 is 1.66 bits per heavy atom. The van der Waals surface area contributed by atoms with Crippen LogP contribution in [0.5, 0.6) is 0 Å². The molecule has 3 unspecified atom stereocenters. The first kappa shape index (κ1) is 49.9. The van der Waals surface area contributed by atoms with Crippen molar-refractivity contribution in [2.45, 2.75) is 148 Å². The predicted octanol–water partition coefficient (Wildman–Crippen LogP) is 9.38. The van der Waals surface area contributed by atoms with E-state index < -0.39 is 57.6 Å². The first-order chi connectivity index (χ1) is 25.6. The van der Waals surface area contributed by atoms with Gasteiger partial charge in [-0.1, -0.05) is 119 Å². The van der Waals surface area contributed by atoms with Crippen molar-refractivity contribution in [3.8, 4) is 0 Å². The third kappa shape index (κ3) is 35.7. The van der Waals surface area contributed by atoms with E-state index in [-0.39, 0.29) is 12.8 Å². The van der Waals surface area contributed by atoms with E-state index in [9.17, 15) is 34.1 Å². The molecule has 11 nitrogen and oxygen atoms in total. The molecule has 0 aliphatic rings. The van der Waals surface area contributed by atoms with E-state index in [1.807, 2.05) is 0 Å².